The van der Waals surface area contributed by atoms with Crippen molar-refractivity contribution in [2.24, 2.45) is 5.73 Å². The summed E-state index contributed by atoms with van der Waals surface area (Å²) in [5, 5.41) is 0.332. The Labute approximate surface area is 117 Å². The van der Waals surface area contributed by atoms with Crippen molar-refractivity contribution in [3.8, 4) is 11.6 Å². The molecule has 0 saturated carbocycles. The zero-order chi connectivity index (χ0) is 13.1. The first-order valence-electron chi connectivity index (χ1n) is 5.07. The molecule has 2 aromatic rings. The quantitative estimate of drug-likeness (QED) is 0.928. The van der Waals surface area contributed by atoms with E-state index in [2.05, 4.69) is 20.9 Å². The second-order valence-electron chi connectivity index (χ2n) is 3.54. The van der Waals surface area contributed by atoms with Crippen LogP contribution in [0.15, 0.2) is 34.9 Å². The number of aromatic nitrogens is 1. The highest BCUT2D eigenvalue weighted by atomic mass is 79.9. The van der Waals surface area contributed by atoms with E-state index in [4.69, 9.17) is 22.1 Å². The Morgan fingerprint density at radius 2 is 2.11 bits per heavy atom. The van der Waals surface area contributed by atoms with Crippen LogP contribution in [-0.2, 0) is 6.54 Å². The Kier molecular flexibility index (Phi) is 4.16. The van der Waals surface area contributed by atoms with Gasteiger partial charge in [0, 0.05) is 23.3 Å². The largest absolute Gasteiger partial charge is 0.437 e. The molecule has 0 aliphatic heterocycles. The lowest BCUT2D eigenvalue weighted by atomic mass is 10.3. The van der Waals surface area contributed by atoms with Gasteiger partial charge in [-0.25, -0.2) is 9.37 Å². The van der Waals surface area contributed by atoms with Gasteiger partial charge >= 0.3 is 0 Å². The standard InChI is InChI=1S/C12H9BrClFN2O/c13-8-2-9(15)4-10(3-8)18-12-11(14)1-7(5-16)6-17-12/h1-4,6H,5,16H2. The third-order valence-electron chi connectivity index (χ3n) is 2.15. The van der Waals surface area contributed by atoms with Crippen LogP contribution in [0.4, 0.5) is 4.39 Å². The van der Waals surface area contributed by atoms with Gasteiger partial charge < -0.3 is 10.5 Å². The summed E-state index contributed by atoms with van der Waals surface area (Å²) in [6, 6.07) is 5.87. The van der Waals surface area contributed by atoms with E-state index in [1.54, 1.807) is 18.3 Å². The second-order valence-corrected chi connectivity index (χ2v) is 4.86. The summed E-state index contributed by atoms with van der Waals surface area (Å²) >= 11 is 9.17. The molecule has 0 amide bonds. The summed E-state index contributed by atoms with van der Waals surface area (Å²) in [7, 11) is 0. The summed E-state index contributed by atoms with van der Waals surface area (Å²) in [4.78, 5) is 4.03. The fraction of sp³-hybridized carbons (Fsp3) is 0.0833. The van der Waals surface area contributed by atoms with Crippen LogP contribution in [0.25, 0.3) is 0 Å². The van der Waals surface area contributed by atoms with Gasteiger partial charge in [-0.15, -0.1) is 0 Å². The van der Waals surface area contributed by atoms with Crippen LogP contribution in [0, 0.1) is 5.82 Å². The third-order valence-corrected chi connectivity index (χ3v) is 2.88. The molecule has 0 saturated heterocycles. The molecule has 1 heterocycles. The van der Waals surface area contributed by atoms with Gasteiger partial charge in [-0.05, 0) is 23.8 Å². The van der Waals surface area contributed by atoms with E-state index in [-0.39, 0.29) is 5.88 Å². The van der Waals surface area contributed by atoms with Crippen LogP contribution in [0.3, 0.4) is 0 Å². The highest BCUT2D eigenvalue weighted by Gasteiger charge is 2.07. The molecule has 0 radical (unpaired) electrons. The minimum atomic E-state index is -0.408. The molecule has 0 fully saturated rings. The number of nitrogens with zero attached hydrogens (tertiary/aromatic N) is 1. The van der Waals surface area contributed by atoms with Gasteiger partial charge in [-0.2, -0.15) is 0 Å². The SMILES string of the molecule is NCc1cnc(Oc2cc(F)cc(Br)c2)c(Cl)c1. The molecule has 0 unspecified atom stereocenters. The smallest absolute Gasteiger partial charge is 0.238 e. The first-order chi connectivity index (χ1) is 8.58. The lowest BCUT2D eigenvalue weighted by Crippen LogP contribution is -1.98. The van der Waals surface area contributed by atoms with E-state index in [0.717, 1.165) is 5.56 Å². The highest BCUT2D eigenvalue weighted by Crippen LogP contribution is 2.29. The lowest BCUT2D eigenvalue weighted by molar-refractivity contribution is 0.457. The first-order valence-corrected chi connectivity index (χ1v) is 6.24. The Balaban J connectivity index is 2.28. The monoisotopic (exact) mass is 330 g/mol. The molecule has 0 spiro atoms. The van der Waals surface area contributed by atoms with E-state index in [9.17, 15) is 4.39 Å². The number of halogens is 3. The van der Waals surface area contributed by atoms with Gasteiger partial charge in [-0.1, -0.05) is 27.5 Å². The van der Waals surface area contributed by atoms with Crippen molar-refractivity contribution in [3.05, 3.63) is 51.3 Å². The number of benzene rings is 1. The molecular weight excluding hydrogens is 323 g/mol. The summed E-state index contributed by atoms with van der Waals surface area (Å²) in [6.07, 6.45) is 1.57. The highest BCUT2D eigenvalue weighted by molar-refractivity contribution is 9.10. The van der Waals surface area contributed by atoms with Crippen LogP contribution in [-0.4, -0.2) is 4.98 Å². The molecule has 0 bridgehead atoms. The molecule has 0 aliphatic rings. The van der Waals surface area contributed by atoms with E-state index in [0.29, 0.717) is 21.8 Å². The molecule has 2 N–H and O–H groups in total. The topological polar surface area (TPSA) is 48.1 Å². The number of nitrogens with two attached hydrogens (primary N) is 1. The molecular formula is C12H9BrClFN2O. The van der Waals surface area contributed by atoms with Crippen molar-refractivity contribution in [3.63, 3.8) is 0 Å². The molecule has 0 atom stereocenters. The minimum absolute atomic E-state index is 0.214. The second kappa shape index (κ2) is 5.65. The van der Waals surface area contributed by atoms with E-state index >= 15 is 0 Å². The summed E-state index contributed by atoms with van der Waals surface area (Å²) in [5.74, 6) is 0.122. The average Bonchev–Trinajstić information content (AvgIpc) is 2.30. The van der Waals surface area contributed by atoms with Crippen LogP contribution in [0.2, 0.25) is 5.02 Å². The predicted molar refractivity (Wildman–Crippen MR) is 71.3 cm³/mol. The zero-order valence-corrected chi connectivity index (χ0v) is 11.5. The molecule has 2 rings (SSSR count). The molecule has 6 heteroatoms. The predicted octanol–water partition coefficient (Wildman–Crippen LogP) is 3.89. The van der Waals surface area contributed by atoms with Crippen LogP contribution in [0.1, 0.15) is 5.56 Å². The number of hydrogen-bond acceptors (Lipinski definition) is 3. The maximum atomic E-state index is 13.2. The summed E-state index contributed by atoms with van der Waals surface area (Å²) < 4.78 is 19.2. The molecule has 18 heavy (non-hydrogen) atoms. The zero-order valence-electron chi connectivity index (χ0n) is 9.16. The molecule has 1 aromatic heterocycles. The van der Waals surface area contributed by atoms with Crippen LogP contribution >= 0.6 is 27.5 Å². The van der Waals surface area contributed by atoms with Crippen molar-refractivity contribution in [2.75, 3.05) is 0 Å². The minimum Gasteiger partial charge on any atom is -0.437 e. The van der Waals surface area contributed by atoms with Crippen molar-refractivity contribution in [1.82, 2.24) is 4.98 Å². The van der Waals surface area contributed by atoms with Gasteiger partial charge in [0.2, 0.25) is 5.88 Å². The van der Waals surface area contributed by atoms with Gasteiger partial charge in [0.05, 0.1) is 0 Å². The molecule has 94 valence electrons. The van der Waals surface area contributed by atoms with Crippen molar-refractivity contribution in [2.45, 2.75) is 6.54 Å². The van der Waals surface area contributed by atoms with E-state index in [1.807, 2.05) is 0 Å². The Morgan fingerprint density at radius 1 is 1.33 bits per heavy atom. The van der Waals surface area contributed by atoms with Gasteiger partial charge in [-0.3, -0.25) is 0 Å². The average molecular weight is 332 g/mol. The fourth-order valence-corrected chi connectivity index (χ4v) is 2.02. The third kappa shape index (κ3) is 3.19. The number of ether oxygens (including phenoxy) is 1. The Hall–Kier alpha value is -1.17. The van der Waals surface area contributed by atoms with Crippen LogP contribution in [0.5, 0.6) is 11.6 Å². The normalized spacial score (nSPS) is 10.4. The summed E-state index contributed by atoms with van der Waals surface area (Å²) in [5.41, 5.74) is 6.26. The number of hydrogen-bond donors (Lipinski definition) is 1. The Bertz CT molecular complexity index is 560. The molecule has 3 nitrogen and oxygen atoms in total. The molecule has 0 aliphatic carbocycles. The Morgan fingerprint density at radius 3 is 2.72 bits per heavy atom. The van der Waals surface area contributed by atoms with Gasteiger partial charge in [0.15, 0.2) is 0 Å². The van der Waals surface area contributed by atoms with E-state index in [1.165, 1.54) is 12.1 Å². The molecule has 1 aromatic carbocycles. The number of rotatable bonds is 3. The van der Waals surface area contributed by atoms with Crippen LogP contribution < -0.4 is 10.5 Å². The number of pyridine rings is 1. The van der Waals surface area contributed by atoms with Gasteiger partial charge in [0.25, 0.3) is 0 Å². The maximum Gasteiger partial charge on any atom is 0.238 e. The summed E-state index contributed by atoms with van der Waals surface area (Å²) in [6.45, 7) is 0.346. The first kappa shape index (κ1) is 13.3. The van der Waals surface area contributed by atoms with Gasteiger partial charge in [0.1, 0.15) is 16.6 Å². The van der Waals surface area contributed by atoms with Crippen molar-refractivity contribution in [1.29, 1.82) is 0 Å². The fourth-order valence-electron chi connectivity index (χ4n) is 1.35. The van der Waals surface area contributed by atoms with Crippen molar-refractivity contribution >= 4 is 27.5 Å². The van der Waals surface area contributed by atoms with E-state index < -0.39 is 5.82 Å². The lowest BCUT2D eigenvalue weighted by Gasteiger charge is -2.08. The van der Waals surface area contributed by atoms with Crippen molar-refractivity contribution < 1.29 is 9.13 Å². The maximum absolute atomic E-state index is 13.2.